The van der Waals surface area contributed by atoms with Crippen LogP contribution < -0.4 is 0 Å². The first-order chi connectivity index (χ1) is 9.16. The van der Waals surface area contributed by atoms with Crippen LogP contribution in [0.25, 0.3) is 0 Å². The molecule has 0 saturated heterocycles. The van der Waals surface area contributed by atoms with Gasteiger partial charge in [-0.05, 0) is 18.8 Å². The number of hydrogen-bond acceptors (Lipinski definition) is 2. The van der Waals surface area contributed by atoms with E-state index >= 15 is 0 Å². The lowest BCUT2D eigenvalue weighted by Crippen LogP contribution is -2.22. The van der Waals surface area contributed by atoms with Gasteiger partial charge in [0, 0.05) is 13.1 Å². The Bertz CT molecular complexity index is 171. The van der Waals surface area contributed by atoms with Gasteiger partial charge in [-0.3, -0.25) is 0 Å². The summed E-state index contributed by atoms with van der Waals surface area (Å²) in [6.45, 7) is 8.35. The van der Waals surface area contributed by atoms with E-state index in [1.54, 1.807) is 0 Å². The highest BCUT2D eigenvalue weighted by Gasteiger charge is 2.01. The Kier molecular flexibility index (Phi) is 14.3. The Morgan fingerprint density at radius 3 is 1.68 bits per heavy atom. The van der Waals surface area contributed by atoms with Crippen LogP contribution in [0.15, 0.2) is 0 Å². The van der Waals surface area contributed by atoms with Gasteiger partial charge in [-0.15, -0.1) is 0 Å². The van der Waals surface area contributed by atoms with Gasteiger partial charge in [-0.2, -0.15) is 5.06 Å². The van der Waals surface area contributed by atoms with E-state index in [1.165, 1.54) is 62.9 Å². The number of hydrogen-bond donors (Lipinski definition) is 1. The SMILES string of the molecule is CCCCCCCCCCCCN(O)CCC(C)C. The molecule has 0 amide bonds. The largest absolute Gasteiger partial charge is 0.314 e. The van der Waals surface area contributed by atoms with Crippen molar-refractivity contribution in [3.63, 3.8) is 0 Å². The lowest BCUT2D eigenvalue weighted by molar-refractivity contribution is -0.0940. The fraction of sp³-hybridized carbons (Fsp3) is 1.00. The lowest BCUT2D eigenvalue weighted by Gasteiger charge is -2.15. The molecule has 0 aromatic heterocycles. The minimum absolute atomic E-state index is 0.683. The van der Waals surface area contributed by atoms with Crippen molar-refractivity contribution in [2.24, 2.45) is 5.92 Å². The highest BCUT2D eigenvalue weighted by Crippen LogP contribution is 2.10. The quantitative estimate of drug-likeness (QED) is 0.326. The average molecular weight is 271 g/mol. The summed E-state index contributed by atoms with van der Waals surface area (Å²) in [5.74, 6) is 0.683. The first-order valence-corrected chi connectivity index (χ1v) is 8.60. The Hall–Kier alpha value is -0.0800. The van der Waals surface area contributed by atoms with E-state index in [4.69, 9.17) is 0 Å². The molecule has 19 heavy (non-hydrogen) atoms. The molecule has 1 N–H and O–H groups in total. The summed E-state index contributed by atoms with van der Waals surface area (Å²) in [5, 5.41) is 11.2. The Morgan fingerprint density at radius 2 is 1.21 bits per heavy atom. The molecular formula is C17H37NO. The summed E-state index contributed by atoms with van der Waals surface area (Å²) < 4.78 is 0. The van der Waals surface area contributed by atoms with Gasteiger partial charge in [0.05, 0.1) is 0 Å². The predicted octanol–water partition coefficient (Wildman–Crippen LogP) is 5.64. The van der Waals surface area contributed by atoms with Crippen LogP contribution >= 0.6 is 0 Å². The molecule has 0 spiro atoms. The number of nitrogens with zero attached hydrogens (tertiary/aromatic N) is 1. The van der Waals surface area contributed by atoms with Gasteiger partial charge in [0.2, 0.25) is 0 Å². The molecule has 0 aliphatic carbocycles. The van der Waals surface area contributed by atoms with Crippen molar-refractivity contribution in [3.8, 4) is 0 Å². The maximum atomic E-state index is 9.65. The van der Waals surface area contributed by atoms with Crippen LogP contribution in [-0.4, -0.2) is 23.4 Å². The molecular weight excluding hydrogens is 234 g/mol. The summed E-state index contributed by atoms with van der Waals surface area (Å²) in [6, 6.07) is 0. The van der Waals surface area contributed by atoms with Crippen LogP contribution in [0, 0.1) is 5.92 Å². The van der Waals surface area contributed by atoms with Crippen molar-refractivity contribution < 1.29 is 5.21 Å². The first kappa shape index (κ1) is 18.9. The van der Waals surface area contributed by atoms with E-state index in [0.29, 0.717) is 5.92 Å². The highest BCUT2D eigenvalue weighted by molar-refractivity contribution is 4.52. The molecule has 0 fully saturated rings. The van der Waals surface area contributed by atoms with Crippen LogP contribution in [0.1, 0.15) is 91.4 Å². The molecule has 0 aromatic carbocycles. The van der Waals surface area contributed by atoms with E-state index in [2.05, 4.69) is 20.8 Å². The summed E-state index contributed by atoms with van der Waals surface area (Å²) in [5.41, 5.74) is 0. The maximum absolute atomic E-state index is 9.65. The van der Waals surface area contributed by atoms with E-state index < -0.39 is 0 Å². The molecule has 0 unspecified atom stereocenters. The second kappa shape index (κ2) is 14.3. The summed E-state index contributed by atoms with van der Waals surface area (Å²) in [7, 11) is 0. The Balaban J connectivity index is 3.09. The predicted molar refractivity (Wildman–Crippen MR) is 84.7 cm³/mol. The van der Waals surface area contributed by atoms with E-state index in [1.807, 2.05) is 0 Å². The second-order valence-corrected chi connectivity index (χ2v) is 6.32. The van der Waals surface area contributed by atoms with Gasteiger partial charge < -0.3 is 5.21 Å². The van der Waals surface area contributed by atoms with Crippen molar-refractivity contribution in [2.45, 2.75) is 91.4 Å². The molecule has 2 heteroatoms. The summed E-state index contributed by atoms with van der Waals surface area (Å²) in [4.78, 5) is 0. The minimum Gasteiger partial charge on any atom is -0.314 e. The number of unbranched alkanes of at least 4 members (excludes halogenated alkanes) is 9. The lowest BCUT2D eigenvalue weighted by atomic mass is 10.1. The van der Waals surface area contributed by atoms with Crippen molar-refractivity contribution in [1.29, 1.82) is 0 Å². The van der Waals surface area contributed by atoms with E-state index in [9.17, 15) is 5.21 Å². The zero-order valence-electron chi connectivity index (χ0n) is 13.7. The van der Waals surface area contributed by atoms with Crippen molar-refractivity contribution in [1.82, 2.24) is 5.06 Å². The van der Waals surface area contributed by atoms with Crippen molar-refractivity contribution >= 4 is 0 Å². The Labute approximate surface area is 121 Å². The second-order valence-electron chi connectivity index (χ2n) is 6.32. The normalized spacial score (nSPS) is 11.7. The van der Waals surface area contributed by atoms with Gasteiger partial charge in [0.1, 0.15) is 0 Å². The zero-order valence-corrected chi connectivity index (χ0v) is 13.7. The van der Waals surface area contributed by atoms with Crippen LogP contribution in [-0.2, 0) is 0 Å². The highest BCUT2D eigenvalue weighted by atomic mass is 16.5. The number of hydroxylamine groups is 2. The van der Waals surface area contributed by atoms with Gasteiger partial charge in [0.25, 0.3) is 0 Å². The van der Waals surface area contributed by atoms with Crippen LogP contribution in [0.2, 0.25) is 0 Å². The molecule has 0 saturated carbocycles. The molecule has 0 aliphatic heterocycles. The molecule has 0 rings (SSSR count). The van der Waals surface area contributed by atoms with Crippen LogP contribution in [0.3, 0.4) is 0 Å². The van der Waals surface area contributed by atoms with Gasteiger partial charge >= 0.3 is 0 Å². The summed E-state index contributed by atoms with van der Waals surface area (Å²) in [6.07, 6.45) is 14.6. The third-order valence-corrected chi connectivity index (χ3v) is 3.73. The van der Waals surface area contributed by atoms with E-state index in [0.717, 1.165) is 25.9 Å². The molecule has 0 atom stereocenters. The van der Waals surface area contributed by atoms with Crippen LogP contribution in [0.4, 0.5) is 0 Å². The third kappa shape index (κ3) is 15.9. The smallest absolute Gasteiger partial charge is 0.0240 e. The average Bonchev–Trinajstić information content (AvgIpc) is 2.38. The fourth-order valence-corrected chi connectivity index (χ4v) is 2.30. The molecule has 0 radical (unpaired) electrons. The molecule has 0 aliphatic rings. The Morgan fingerprint density at radius 1 is 0.737 bits per heavy atom. The van der Waals surface area contributed by atoms with Gasteiger partial charge in [0.15, 0.2) is 0 Å². The molecule has 0 heterocycles. The van der Waals surface area contributed by atoms with Gasteiger partial charge in [-0.1, -0.05) is 78.6 Å². The van der Waals surface area contributed by atoms with E-state index in [-0.39, 0.29) is 0 Å². The standard InChI is InChI=1S/C17H37NO/c1-4-5-6-7-8-9-10-11-12-13-15-18(19)16-14-17(2)3/h17,19H,4-16H2,1-3H3. The molecule has 2 nitrogen and oxygen atoms in total. The summed E-state index contributed by atoms with van der Waals surface area (Å²) >= 11 is 0. The minimum atomic E-state index is 0.683. The van der Waals surface area contributed by atoms with Crippen LogP contribution in [0.5, 0.6) is 0 Å². The fourth-order valence-electron chi connectivity index (χ4n) is 2.30. The zero-order chi connectivity index (χ0) is 14.3. The monoisotopic (exact) mass is 271 g/mol. The third-order valence-electron chi connectivity index (χ3n) is 3.73. The van der Waals surface area contributed by atoms with Crippen molar-refractivity contribution in [2.75, 3.05) is 13.1 Å². The topological polar surface area (TPSA) is 23.5 Å². The molecule has 116 valence electrons. The number of rotatable bonds is 14. The first-order valence-electron chi connectivity index (χ1n) is 8.60. The van der Waals surface area contributed by atoms with Gasteiger partial charge in [-0.25, -0.2) is 0 Å². The molecule has 0 aromatic rings. The molecule has 0 bridgehead atoms. The maximum Gasteiger partial charge on any atom is 0.0240 e. The van der Waals surface area contributed by atoms with Crippen molar-refractivity contribution in [3.05, 3.63) is 0 Å².